The number of aromatic carboxylic acids is 1. The smallest absolute Gasteiger partial charge is 0.344 e. The predicted molar refractivity (Wildman–Crippen MR) is 165 cm³/mol. The first-order valence-electron chi connectivity index (χ1n) is 14.2. The van der Waals surface area contributed by atoms with Gasteiger partial charge in [-0.15, -0.1) is 0 Å². The van der Waals surface area contributed by atoms with Crippen LogP contribution >= 0.6 is 0 Å². The number of hydrogen-bond donors (Lipinski definition) is 2. The van der Waals surface area contributed by atoms with Gasteiger partial charge in [-0.25, -0.2) is 14.5 Å². The van der Waals surface area contributed by atoms with Gasteiger partial charge in [0.25, 0.3) is 0 Å². The highest BCUT2D eigenvalue weighted by Gasteiger charge is 2.21. The second-order valence-corrected chi connectivity index (χ2v) is 11.3. The second-order valence-electron chi connectivity index (χ2n) is 11.3. The summed E-state index contributed by atoms with van der Waals surface area (Å²) < 4.78 is 17.3. The molecule has 4 aromatic carbocycles. The Bertz CT molecular complexity index is 1590. The fourth-order valence-electron chi connectivity index (χ4n) is 4.23. The fourth-order valence-corrected chi connectivity index (χ4v) is 4.23. The van der Waals surface area contributed by atoms with Gasteiger partial charge in [-0.05, 0) is 85.6 Å². The average molecular weight is 617 g/mol. The SMILES string of the molecule is Cc1ccc(COOc2ccc(OCC(C)(C)COc3ccc(OC(=O)c4ccc(C)cc4C(=O)O)cc3)cc2)c(COO)c1. The summed E-state index contributed by atoms with van der Waals surface area (Å²) >= 11 is 0. The Balaban J connectivity index is 1.21. The lowest BCUT2D eigenvalue weighted by molar-refractivity contribution is -0.253. The van der Waals surface area contributed by atoms with Gasteiger partial charge in [-0.2, -0.15) is 4.89 Å². The molecule has 0 radical (unpaired) electrons. The summed E-state index contributed by atoms with van der Waals surface area (Å²) in [6.07, 6.45) is 0. The highest BCUT2D eigenvalue weighted by Crippen LogP contribution is 2.25. The van der Waals surface area contributed by atoms with Crippen LogP contribution in [0.4, 0.5) is 0 Å². The minimum absolute atomic E-state index is 0.0203. The van der Waals surface area contributed by atoms with Crippen LogP contribution in [-0.4, -0.2) is 35.5 Å². The van der Waals surface area contributed by atoms with Crippen molar-refractivity contribution < 1.29 is 48.8 Å². The van der Waals surface area contributed by atoms with Gasteiger partial charge in [0.2, 0.25) is 0 Å². The maximum atomic E-state index is 12.6. The molecule has 0 aromatic heterocycles. The third-order valence-electron chi connectivity index (χ3n) is 6.69. The molecule has 0 aliphatic carbocycles. The van der Waals surface area contributed by atoms with Crippen LogP contribution < -0.4 is 19.1 Å². The lowest BCUT2D eigenvalue weighted by Crippen LogP contribution is -2.28. The fraction of sp³-hybridized carbons (Fsp3) is 0.257. The standard InChI is InChI=1S/C35H36O10/c1-23-5-7-25(26(17-23)19-42-39)20-43-45-30-14-10-28(11-15-30)41-22-35(3,4)21-40-27-8-12-29(13-9-27)44-34(38)31-16-6-24(2)18-32(31)33(36)37/h5-18,39H,19-22H2,1-4H3,(H,36,37). The van der Waals surface area contributed by atoms with E-state index in [1.54, 1.807) is 61.5 Å². The first-order valence-corrected chi connectivity index (χ1v) is 14.2. The normalized spacial score (nSPS) is 11.1. The molecular weight excluding hydrogens is 580 g/mol. The molecule has 0 saturated heterocycles. The number of esters is 1. The molecule has 0 saturated carbocycles. The van der Waals surface area contributed by atoms with Crippen LogP contribution in [-0.2, 0) is 23.0 Å². The molecule has 0 atom stereocenters. The molecule has 10 heteroatoms. The van der Waals surface area contributed by atoms with E-state index in [1.807, 2.05) is 39.0 Å². The van der Waals surface area contributed by atoms with Gasteiger partial charge in [0, 0.05) is 5.41 Å². The molecule has 236 valence electrons. The number of benzene rings is 4. The maximum absolute atomic E-state index is 12.6. The van der Waals surface area contributed by atoms with Crippen molar-refractivity contribution in [3.8, 4) is 23.0 Å². The molecule has 0 unspecified atom stereocenters. The number of aryl methyl sites for hydroxylation is 2. The summed E-state index contributed by atoms with van der Waals surface area (Å²) in [5.74, 6) is 0.0529. The third-order valence-corrected chi connectivity index (χ3v) is 6.69. The zero-order valence-corrected chi connectivity index (χ0v) is 25.6. The van der Waals surface area contributed by atoms with Gasteiger partial charge in [-0.3, -0.25) is 5.26 Å². The molecule has 0 aliphatic rings. The van der Waals surface area contributed by atoms with Crippen LogP contribution in [0.5, 0.6) is 23.0 Å². The molecule has 0 amide bonds. The topological polar surface area (TPSA) is 130 Å². The highest BCUT2D eigenvalue weighted by molar-refractivity contribution is 6.03. The predicted octanol–water partition coefficient (Wildman–Crippen LogP) is 7.21. The number of carbonyl (C=O) groups excluding carboxylic acids is 1. The Morgan fingerprint density at radius 2 is 1.22 bits per heavy atom. The molecule has 10 nitrogen and oxygen atoms in total. The molecule has 0 aliphatic heterocycles. The van der Waals surface area contributed by atoms with E-state index in [0.717, 1.165) is 22.3 Å². The molecule has 0 fully saturated rings. The van der Waals surface area contributed by atoms with Crippen molar-refractivity contribution in [2.45, 2.75) is 40.9 Å². The van der Waals surface area contributed by atoms with Gasteiger partial charge in [0.1, 0.15) is 30.5 Å². The quantitative estimate of drug-likeness (QED) is 0.0612. The Labute approximate surface area is 261 Å². The van der Waals surface area contributed by atoms with Gasteiger partial charge in [-0.1, -0.05) is 49.2 Å². The largest absolute Gasteiger partial charge is 0.493 e. The van der Waals surface area contributed by atoms with Crippen LogP contribution in [0.2, 0.25) is 0 Å². The van der Waals surface area contributed by atoms with Gasteiger partial charge < -0.3 is 24.2 Å². The van der Waals surface area contributed by atoms with Crippen molar-refractivity contribution in [1.29, 1.82) is 0 Å². The number of carboxylic acids is 1. The summed E-state index contributed by atoms with van der Waals surface area (Å²) in [4.78, 5) is 39.2. The van der Waals surface area contributed by atoms with E-state index in [1.165, 1.54) is 12.1 Å². The molecule has 4 aromatic rings. The van der Waals surface area contributed by atoms with Crippen molar-refractivity contribution in [1.82, 2.24) is 0 Å². The lowest BCUT2D eigenvalue weighted by Gasteiger charge is -2.25. The van der Waals surface area contributed by atoms with Crippen molar-refractivity contribution in [3.05, 3.63) is 118 Å². The van der Waals surface area contributed by atoms with E-state index in [4.69, 9.17) is 29.2 Å². The zero-order chi connectivity index (χ0) is 32.4. The second kappa shape index (κ2) is 15.2. The molecule has 45 heavy (non-hydrogen) atoms. The number of carboxylic acid groups (broad SMARTS) is 1. The minimum Gasteiger partial charge on any atom is -0.493 e. The molecule has 4 rings (SSSR count). The number of carbonyl (C=O) groups is 2. The first kappa shape index (κ1) is 33.0. The minimum atomic E-state index is -1.20. The van der Waals surface area contributed by atoms with Crippen LogP contribution in [0, 0.1) is 19.3 Å². The first-order chi connectivity index (χ1) is 21.5. The summed E-state index contributed by atoms with van der Waals surface area (Å²) in [7, 11) is 0. The molecular formula is C35H36O10. The summed E-state index contributed by atoms with van der Waals surface area (Å²) in [5, 5.41) is 18.2. The molecule has 2 N–H and O–H groups in total. The summed E-state index contributed by atoms with van der Waals surface area (Å²) in [5.41, 5.74) is 2.96. The van der Waals surface area contributed by atoms with Crippen molar-refractivity contribution in [2.24, 2.45) is 5.41 Å². The third kappa shape index (κ3) is 9.80. The van der Waals surface area contributed by atoms with Crippen LogP contribution in [0.25, 0.3) is 0 Å². The molecule has 0 spiro atoms. The van der Waals surface area contributed by atoms with Crippen molar-refractivity contribution in [2.75, 3.05) is 13.2 Å². The van der Waals surface area contributed by atoms with E-state index >= 15 is 0 Å². The number of rotatable bonds is 15. The van der Waals surface area contributed by atoms with Crippen molar-refractivity contribution >= 4 is 11.9 Å². The number of hydrogen-bond acceptors (Lipinski definition) is 9. The monoisotopic (exact) mass is 616 g/mol. The van der Waals surface area contributed by atoms with Crippen LogP contribution in [0.1, 0.15) is 56.8 Å². The molecule has 0 heterocycles. The van der Waals surface area contributed by atoms with Gasteiger partial charge >= 0.3 is 11.9 Å². The van der Waals surface area contributed by atoms with Crippen LogP contribution in [0.15, 0.2) is 84.9 Å². The van der Waals surface area contributed by atoms with E-state index in [9.17, 15) is 14.7 Å². The van der Waals surface area contributed by atoms with Gasteiger partial charge in [0.15, 0.2) is 5.75 Å². The maximum Gasteiger partial charge on any atom is 0.344 e. The molecule has 0 bridgehead atoms. The Kier molecular flexibility index (Phi) is 11.2. The summed E-state index contributed by atoms with van der Waals surface area (Å²) in [6, 6.07) is 23.8. The highest BCUT2D eigenvalue weighted by atomic mass is 17.2. The lowest BCUT2D eigenvalue weighted by atomic mass is 9.96. The Morgan fingerprint density at radius 1 is 0.667 bits per heavy atom. The van der Waals surface area contributed by atoms with E-state index in [0.29, 0.717) is 30.5 Å². The zero-order valence-electron chi connectivity index (χ0n) is 25.6. The Hall–Kier alpha value is -4.90. The Morgan fingerprint density at radius 3 is 1.82 bits per heavy atom. The van der Waals surface area contributed by atoms with E-state index in [2.05, 4.69) is 4.89 Å². The van der Waals surface area contributed by atoms with E-state index in [-0.39, 0.29) is 35.5 Å². The number of ether oxygens (including phenoxy) is 3. The van der Waals surface area contributed by atoms with Crippen LogP contribution in [0.3, 0.4) is 0 Å². The average Bonchev–Trinajstić information content (AvgIpc) is 3.01. The van der Waals surface area contributed by atoms with Gasteiger partial charge in [0.05, 0.1) is 24.3 Å². The van der Waals surface area contributed by atoms with Crippen molar-refractivity contribution in [3.63, 3.8) is 0 Å². The van der Waals surface area contributed by atoms with E-state index < -0.39 is 11.9 Å². The summed E-state index contributed by atoms with van der Waals surface area (Å²) in [6.45, 7) is 8.70.